The summed E-state index contributed by atoms with van der Waals surface area (Å²) in [6.07, 6.45) is 1.83. The molecule has 1 aliphatic heterocycles. The Morgan fingerprint density at radius 2 is 2.18 bits per heavy atom. The molecule has 2 N–H and O–H groups in total. The molecule has 2 rings (SSSR count). The summed E-state index contributed by atoms with van der Waals surface area (Å²) in [6, 6.07) is 4.16. The summed E-state index contributed by atoms with van der Waals surface area (Å²) in [4.78, 5) is 2.15. The summed E-state index contributed by atoms with van der Waals surface area (Å²) in [5.41, 5.74) is 6.30. The Labute approximate surface area is 100 Å². The number of likely N-dealkylation sites (tertiary alicyclic amines) is 1. The van der Waals surface area contributed by atoms with Crippen LogP contribution in [0.5, 0.6) is 0 Å². The molecule has 2 atom stereocenters. The van der Waals surface area contributed by atoms with Crippen LogP contribution in [0.4, 0.5) is 8.78 Å². The third kappa shape index (κ3) is 3.01. The highest BCUT2D eigenvalue weighted by Crippen LogP contribution is 2.20. The van der Waals surface area contributed by atoms with Crippen molar-refractivity contribution in [1.29, 1.82) is 0 Å². The minimum Gasteiger partial charge on any atom is -0.328 e. The van der Waals surface area contributed by atoms with Crippen molar-refractivity contribution < 1.29 is 8.78 Å². The first-order valence-electron chi connectivity index (χ1n) is 6.00. The van der Waals surface area contributed by atoms with Crippen molar-refractivity contribution in [2.24, 2.45) is 5.73 Å². The van der Waals surface area contributed by atoms with E-state index < -0.39 is 0 Å². The van der Waals surface area contributed by atoms with E-state index in [4.69, 9.17) is 5.73 Å². The number of halogens is 2. The summed E-state index contributed by atoms with van der Waals surface area (Å²) < 4.78 is 26.6. The fourth-order valence-corrected chi connectivity index (χ4v) is 2.38. The highest BCUT2D eigenvalue weighted by molar-refractivity contribution is 5.18. The monoisotopic (exact) mass is 240 g/mol. The number of rotatable bonds is 2. The van der Waals surface area contributed by atoms with E-state index in [1.165, 1.54) is 12.1 Å². The second-order valence-electron chi connectivity index (χ2n) is 4.84. The van der Waals surface area contributed by atoms with Crippen molar-refractivity contribution in [2.75, 3.05) is 6.54 Å². The lowest BCUT2D eigenvalue weighted by Gasteiger charge is -2.36. The minimum absolute atomic E-state index is 0.235. The minimum atomic E-state index is -0.386. The van der Waals surface area contributed by atoms with Gasteiger partial charge in [0.05, 0.1) is 0 Å². The Kier molecular flexibility index (Phi) is 3.74. The Balaban J connectivity index is 2.07. The zero-order valence-electron chi connectivity index (χ0n) is 10.00. The lowest BCUT2D eigenvalue weighted by Crippen LogP contribution is -2.45. The lowest BCUT2D eigenvalue weighted by atomic mass is 9.98. The van der Waals surface area contributed by atoms with E-state index in [9.17, 15) is 8.78 Å². The van der Waals surface area contributed by atoms with Gasteiger partial charge in [-0.05, 0) is 38.0 Å². The van der Waals surface area contributed by atoms with Crippen molar-refractivity contribution in [3.8, 4) is 0 Å². The zero-order chi connectivity index (χ0) is 12.4. The Morgan fingerprint density at radius 1 is 1.41 bits per heavy atom. The third-order valence-corrected chi connectivity index (χ3v) is 3.44. The van der Waals surface area contributed by atoms with Gasteiger partial charge in [0.25, 0.3) is 0 Å². The molecule has 2 unspecified atom stereocenters. The van der Waals surface area contributed by atoms with E-state index in [0.29, 0.717) is 18.2 Å². The summed E-state index contributed by atoms with van der Waals surface area (Å²) in [7, 11) is 0. The zero-order valence-corrected chi connectivity index (χ0v) is 10.00. The molecule has 0 spiro atoms. The standard InChI is InChI=1S/C13H18F2N2/c1-9-6-12(16)4-5-17(9)8-10-7-11(14)2-3-13(10)15/h2-3,7,9,12H,4-6,8,16H2,1H3. The predicted molar refractivity (Wildman–Crippen MR) is 63.4 cm³/mol. The molecular weight excluding hydrogens is 222 g/mol. The Hall–Kier alpha value is -1.00. The van der Waals surface area contributed by atoms with Crippen molar-refractivity contribution in [2.45, 2.75) is 38.4 Å². The van der Waals surface area contributed by atoms with Crippen LogP contribution in [0, 0.1) is 11.6 Å². The van der Waals surface area contributed by atoms with Crippen LogP contribution in [0.2, 0.25) is 0 Å². The van der Waals surface area contributed by atoms with Gasteiger partial charge in [0.15, 0.2) is 0 Å². The van der Waals surface area contributed by atoms with Crippen LogP contribution in [-0.4, -0.2) is 23.5 Å². The molecule has 0 aromatic heterocycles. The van der Waals surface area contributed by atoms with Gasteiger partial charge in [0.1, 0.15) is 11.6 Å². The first-order valence-corrected chi connectivity index (χ1v) is 6.00. The Bertz CT molecular complexity index is 395. The van der Waals surface area contributed by atoms with Crippen LogP contribution < -0.4 is 5.73 Å². The molecule has 1 heterocycles. The molecular formula is C13H18F2N2. The van der Waals surface area contributed by atoms with Crippen molar-refractivity contribution in [3.05, 3.63) is 35.4 Å². The van der Waals surface area contributed by atoms with Crippen LogP contribution in [0.25, 0.3) is 0 Å². The van der Waals surface area contributed by atoms with Gasteiger partial charge in [-0.25, -0.2) is 8.78 Å². The number of hydrogen-bond acceptors (Lipinski definition) is 2. The number of hydrogen-bond donors (Lipinski definition) is 1. The third-order valence-electron chi connectivity index (χ3n) is 3.44. The summed E-state index contributed by atoms with van der Waals surface area (Å²) in [5.74, 6) is -0.726. The molecule has 0 aliphatic carbocycles. The van der Waals surface area contributed by atoms with Crippen LogP contribution in [-0.2, 0) is 6.54 Å². The molecule has 0 bridgehead atoms. The number of nitrogens with two attached hydrogens (primary N) is 1. The molecule has 1 fully saturated rings. The molecule has 1 aromatic rings. The highest BCUT2D eigenvalue weighted by Gasteiger charge is 2.23. The van der Waals surface area contributed by atoms with Crippen LogP contribution >= 0.6 is 0 Å². The molecule has 0 radical (unpaired) electrons. The van der Waals surface area contributed by atoms with E-state index in [2.05, 4.69) is 11.8 Å². The summed E-state index contributed by atoms with van der Waals surface area (Å²) in [5, 5.41) is 0. The maximum Gasteiger partial charge on any atom is 0.127 e. The Morgan fingerprint density at radius 3 is 2.88 bits per heavy atom. The van der Waals surface area contributed by atoms with Crippen LogP contribution in [0.15, 0.2) is 18.2 Å². The predicted octanol–water partition coefficient (Wildman–Crippen LogP) is 2.28. The van der Waals surface area contributed by atoms with Crippen LogP contribution in [0.3, 0.4) is 0 Å². The smallest absolute Gasteiger partial charge is 0.127 e. The second kappa shape index (κ2) is 5.10. The van der Waals surface area contributed by atoms with Gasteiger partial charge in [-0.1, -0.05) is 0 Å². The van der Waals surface area contributed by atoms with Gasteiger partial charge < -0.3 is 5.73 Å². The normalized spacial score (nSPS) is 26.1. The van der Waals surface area contributed by atoms with E-state index in [1.807, 2.05) is 0 Å². The van der Waals surface area contributed by atoms with E-state index in [1.54, 1.807) is 0 Å². The van der Waals surface area contributed by atoms with E-state index in [0.717, 1.165) is 25.5 Å². The first kappa shape index (κ1) is 12.5. The average Bonchev–Trinajstić information content (AvgIpc) is 2.27. The molecule has 0 saturated carbocycles. The topological polar surface area (TPSA) is 29.3 Å². The SMILES string of the molecule is CC1CC(N)CCN1Cc1cc(F)ccc1F. The van der Waals surface area contributed by atoms with Crippen molar-refractivity contribution in [1.82, 2.24) is 4.90 Å². The fourth-order valence-electron chi connectivity index (χ4n) is 2.38. The van der Waals surface area contributed by atoms with Gasteiger partial charge in [-0.15, -0.1) is 0 Å². The highest BCUT2D eigenvalue weighted by atomic mass is 19.1. The lowest BCUT2D eigenvalue weighted by molar-refractivity contribution is 0.138. The number of benzene rings is 1. The molecule has 0 amide bonds. The fraction of sp³-hybridized carbons (Fsp3) is 0.538. The quantitative estimate of drug-likeness (QED) is 0.859. The molecule has 1 aliphatic rings. The van der Waals surface area contributed by atoms with Gasteiger partial charge >= 0.3 is 0 Å². The largest absolute Gasteiger partial charge is 0.328 e. The summed E-state index contributed by atoms with van der Waals surface area (Å²) in [6.45, 7) is 3.38. The van der Waals surface area contributed by atoms with Gasteiger partial charge in [-0.3, -0.25) is 4.90 Å². The van der Waals surface area contributed by atoms with Gasteiger partial charge in [-0.2, -0.15) is 0 Å². The van der Waals surface area contributed by atoms with Gasteiger partial charge in [0.2, 0.25) is 0 Å². The van der Waals surface area contributed by atoms with E-state index >= 15 is 0 Å². The molecule has 4 heteroatoms. The van der Waals surface area contributed by atoms with Crippen LogP contribution in [0.1, 0.15) is 25.3 Å². The molecule has 2 nitrogen and oxygen atoms in total. The van der Waals surface area contributed by atoms with Gasteiger partial charge in [0, 0.05) is 30.7 Å². The maximum absolute atomic E-state index is 13.5. The van der Waals surface area contributed by atoms with Crippen molar-refractivity contribution >= 4 is 0 Å². The first-order chi connectivity index (χ1) is 8.06. The van der Waals surface area contributed by atoms with Crippen molar-refractivity contribution in [3.63, 3.8) is 0 Å². The molecule has 94 valence electrons. The molecule has 1 saturated heterocycles. The average molecular weight is 240 g/mol. The summed E-state index contributed by atoms with van der Waals surface area (Å²) >= 11 is 0. The number of nitrogens with zero attached hydrogens (tertiary/aromatic N) is 1. The molecule has 1 aromatic carbocycles. The second-order valence-corrected chi connectivity index (χ2v) is 4.84. The molecule has 17 heavy (non-hydrogen) atoms. The number of piperidine rings is 1. The maximum atomic E-state index is 13.5. The van der Waals surface area contributed by atoms with E-state index in [-0.39, 0.29) is 17.7 Å².